The second-order valence-electron chi connectivity index (χ2n) is 9.44. The van der Waals surface area contributed by atoms with Crippen molar-refractivity contribution >= 4 is 23.4 Å². The molecule has 0 aliphatic heterocycles. The minimum absolute atomic E-state index is 0.0351. The molecule has 6 heteroatoms. The number of carbonyl (C=O) groups excluding carboxylic acids is 4. The first-order valence-electron chi connectivity index (χ1n) is 12.3. The van der Waals surface area contributed by atoms with Gasteiger partial charge in [0.1, 0.15) is 5.75 Å². The molecule has 0 saturated heterocycles. The fourth-order valence-corrected chi connectivity index (χ4v) is 4.67. The highest BCUT2D eigenvalue weighted by Crippen LogP contribution is 2.43. The minimum atomic E-state index is -2.11. The van der Waals surface area contributed by atoms with E-state index in [0.717, 1.165) is 5.56 Å². The van der Waals surface area contributed by atoms with Crippen LogP contribution in [0.5, 0.6) is 5.75 Å². The summed E-state index contributed by atoms with van der Waals surface area (Å²) in [5.74, 6) is -2.32. The number of esters is 1. The van der Waals surface area contributed by atoms with Gasteiger partial charge < -0.3 is 10.1 Å². The Morgan fingerprint density at radius 2 is 1.24 bits per heavy atom. The Morgan fingerprint density at radius 3 is 1.79 bits per heavy atom. The van der Waals surface area contributed by atoms with Gasteiger partial charge in [-0.15, -0.1) is 0 Å². The second-order valence-corrected chi connectivity index (χ2v) is 9.44. The van der Waals surface area contributed by atoms with Crippen molar-refractivity contribution in [2.75, 3.05) is 0 Å². The van der Waals surface area contributed by atoms with Gasteiger partial charge in [-0.3, -0.25) is 14.4 Å². The van der Waals surface area contributed by atoms with E-state index in [2.05, 4.69) is 5.32 Å². The standard InChI is InChI=1S/C32H25NO5/c1-20(2)23-17-18-26(27(19-23)38-31(37)22-13-7-4-8-14-22)32(33-30(36)21-11-5-3-6-12-21)28(34)24-15-9-10-16-25(24)29(32)35/h3-20H,1-2H3,(H,33,36). The van der Waals surface area contributed by atoms with E-state index >= 15 is 0 Å². The van der Waals surface area contributed by atoms with Crippen LogP contribution in [0, 0.1) is 0 Å². The predicted octanol–water partition coefficient (Wildman–Crippen LogP) is 5.73. The Hall–Kier alpha value is -4.84. The molecule has 38 heavy (non-hydrogen) atoms. The lowest BCUT2D eigenvalue weighted by Gasteiger charge is -2.30. The van der Waals surface area contributed by atoms with E-state index < -0.39 is 29.0 Å². The number of amides is 1. The van der Waals surface area contributed by atoms with Gasteiger partial charge in [-0.2, -0.15) is 0 Å². The number of benzene rings is 4. The number of carbonyl (C=O) groups is 4. The molecule has 0 spiro atoms. The van der Waals surface area contributed by atoms with Crippen molar-refractivity contribution in [2.24, 2.45) is 0 Å². The van der Waals surface area contributed by atoms with Gasteiger partial charge in [0, 0.05) is 22.3 Å². The molecular formula is C32H25NO5. The van der Waals surface area contributed by atoms with Crippen molar-refractivity contribution in [3.05, 3.63) is 137 Å². The molecule has 0 heterocycles. The van der Waals surface area contributed by atoms with Gasteiger partial charge in [0.25, 0.3) is 5.91 Å². The molecule has 0 unspecified atom stereocenters. The molecule has 1 aliphatic rings. The molecule has 0 bridgehead atoms. The largest absolute Gasteiger partial charge is 0.423 e. The average Bonchev–Trinajstić information content (AvgIpc) is 3.16. The maximum absolute atomic E-state index is 14.0. The van der Waals surface area contributed by atoms with Gasteiger partial charge in [0.05, 0.1) is 5.56 Å². The molecule has 4 aromatic rings. The monoisotopic (exact) mass is 503 g/mol. The fourth-order valence-electron chi connectivity index (χ4n) is 4.67. The zero-order chi connectivity index (χ0) is 26.9. The smallest absolute Gasteiger partial charge is 0.343 e. The summed E-state index contributed by atoms with van der Waals surface area (Å²) in [6, 6.07) is 28.2. The topological polar surface area (TPSA) is 89.5 Å². The molecule has 0 atom stereocenters. The van der Waals surface area contributed by atoms with E-state index in [1.165, 1.54) is 0 Å². The number of fused-ring (bicyclic) bond motifs is 1. The van der Waals surface area contributed by atoms with E-state index in [4.69, 9.17) is 4.74 Å². The summed E-state index contributed by atoms with van der Waals surface area (Å²) in [5.41, 5.74) is -0.198. The maximum atomic E-state index is 14.0. The van der Waals surface area contributed by atoms with Crippen LogP contribution in [0.4, 0.5) is 0 Å². The lowest BCUT2D eigenvalue weighted by Crippen LogP contribution is -2.54. The van der Waals surface area contributed by atoms with Crippen LogP contribution in [0.15, 0.2) is 103 Å². The number of hydrogen-bond donors (Lipinski definition) is 1. The SMILES string of the molecule is CC(C)c1ccc(C2(NC(=O)c3ccccc3)C(=O)c3ccccc3C2=O)c(OC(=O)c2ccccc2)c1. The van der Waals surface area contributed by atoms with Gasteiger partial charge in [-0.25, -0.2) is 4.79 Å². The highest BCUT2D eigenvalue weighted by Gasteiger charge is 2.57. The lowest BCUT2D eigenvalue weighted by molar-refractivity contribution is 0.0670. The normalized spacial score (nSPS) is 13.8. The fraction of sp³-hybridized carbons (Fsp3) is 0.125. The van der Waals surface area contributed by atoms with Crippen LogP contribution < -0.4 is 10.1 Å². The van der Waals surface area contributed by atoms with E-state index in [1.54, 1.807) is 103 Å². The van der Waals surface area contributed by atoms with Crippen molar-refractivity contribution in [1.82, 2.24) is 5.32 Å². The number of hydrogen-bond acceptors (Lipinski definition) is 5. The van der Waals surface area contributed by atoms with Crippen molar-refractivity contribution in [3.63, 3.8) is 0 Å². The van der Waals surface area contributed by atoms with Crippen molar-refractivity contribution in [2.45, 2.75) is 25.3 Å². The highest BCUT2D eigenvalue weighted by atomic mass is 16.5. The number of Topliss-reactive ketones (excluding diaryl/α,β-unsaturated/α-hetero) is 2. The summed E-state index contributed by atoms with van der Waals surface area (Å²) in [4.78, 5) is 54.6. The van der Waals surface area contributed by atoms with E-state index in [9.17, 15) is 19.2 Å². The maximum Gasteiger partial charge on any atom is 0.343 e. The Bertz CT molecular complexity index is 1520. The Balaban J connectivity index is 1.70. The first-order chi connectivity index (χ1) is 18.3. The van der Waals surface area contributed by atoms with Crippen LogP contribution in [-0.2, 0) is 5.54 Å². The number of ketones is 2. The molecule has 188 valence electrons. The molecule has 6 nitrogen and oxygen atoms in total. The second kappa shape index (κ2) is 9.90. The van der Waals surface area contributed by atoms with Crippen molar-refractivity contribution in [1.29, 1.82) is 0 Å². The lowest BCUT2D eigenvalue weighted by atomic mass is 9.82. The minimum Gasteiger partial charge on any atom is -0.423 e. The first-order valence-corrected chi connectivity index (χ1v) is 12.3. The number of ether oxygens (including phenoxy) is 1. The molecule has 1 N–H and O–H groups in total. The Labute approximate surface area is 220 Å². The number of nitrogens with one attached hydrogen (secondary N) is 1. The summed E-state index contributed by atoms with van der Waals surface area (Å²) in [7, 11) is 0. The summed E-state index contributed by atoms with van der Waals surface area (Å²) >= 11 is 0. The summed E-state index contributed by atoms with van der Waals surface area (Å²) < 4.78 is 5.85. The van der Waals surface area contributed by atoms with Crippen LogP contribution in [0.1, 0.15) is 72.3 Å². The Morgan fingerprint density at radius 1 is 0.711 bits per heavy atom. The summed E-state index contributed by atoms with van der Waals surface area (Å²) in [6.07, 6.45) is 0. The third-order valence-corrected chi connectivity index (χ3v) is 6.72. The number of rotatable bonds is 6. The molecule has 1 amide bonds. The quantitative estimate of drug-likeness (QED) is 0.206. The molecule has 1 aliphatic carbocycles. The van der Waals surface area contributed by atoms with Gasteiger partial charge in [-0.1, -0.05) is 86.6 Å². The summed E-state index contributed by atoms with van der Waals surface area (Å²) in [5, 5.41) is 2.74. The highest BCUT2D eigenvalue weighted by molar-refractivity contribution is 6.34. The molecule has 5 rings (SSSR count). The van der Waals surface area contributed by atoms with Crippen LogP contribution in [0.2, 0.25) is 0 Å². The first kappa shape index (κ1) is 24.8. The van der Waals surface area contributed by atoms with E-state index in [1.807, 2.05) is 13.8 Å². The van der Waals surface area contributed by atoms with Gasteiger partial charge >= 0.3 is 5.97 Å². The summed E-state index contributed by atoms with van der Waals surface area (Å²) in [6.45, 7) is 3.96. The zero-order valence-electron chi connectivity index (χ0n) is 20.9. The molecule has 0 aromatic heterocycles. The van der Waals surface area contributed by atoms with Gasteiger partial charge in [-0.05, 0) is 41.8 Å². The van der Waals surface area contributed by atoms with E-state index in [-0.39, 0.29) is 33.9 Å². The molecule has 0 radical (unpaired) electrons. The predicted molar refractivity (Wildman–Crippen MR) is 143 cm³/mol. The zero-order valence-corrected chi connectivity index (χ0v) is 20.9. The molecule has 0 fully saturated rings. The van der Waals surface area contributed by atoms with Crippen LogP contribution >= 0.6 is 0 Å². The van der Waals surface area contributed by atoms with Gasteiger partial charge in [0.2, 0.25) is 11.6 Å². The van der Waals surface area contributed by atoms with Crippen LogP contribution in [0.3, 0.4) is 0 Å². The van der Waals surface area contributed by atoms with Crippen LogP contribution in [0.25, 0.3) is 0 Å². The third kappa shape index (κ3) is 4.20. The van der Waals surface area contributed by atoms with E-state index in [0.29, 0.717) is 5.56 Å². The Kier molecular flexibility index (Phi) is 6.47. The van der Waals surface area contributed by atoms with Crippen molar-refractivity contribution < 1.29 is 23.9 Å². The van der Waals surface area contributed by atoms with Crippen LogP contribution in [-0.4, -0.2) is 23.4 Å². The van der Waals surface area contributed by atoms with Crippen molar-refractivity contribution in [3.8, 4) is 5.75 Å². The molecule has 4 aromatic carbocycles. The molecular weight excluding hydrogens is 478 g/mol. The van der Waals surface area contributed by atoms with Gasteiger partial charge in [0.15, 0.2) is 5.54 Å². The average molecular weight is 504 g/mol. The molecule has 0 saturated carbocycles. The third-order valence-electron chi connectivity index (χ3n) is 6.72.